The van der Waals surface area contributed by atoms with Crippen molar-refractivity contribution in [1.29, 1.82) is 0 Å². The second-order valence-electron chi connectivity index (χ2n) is 8.07. The van der Waals surface area contributed by atoms with Crippen molar-refractivity contribution >= 4 is 44.4 Å². The van der Waals surface area contributed by atoms with Gasteiger partial charge in [0.15, 0.2) is 5.65 Å². The number of phenols is 1. The van der Waals surface area contributed by atoms with Crippen molar-refractivity contribution < 1.29 is 9.90 Å². The first-order valence-corrected chi connectivity index (χ1v) is 11.2. The maximum Gasteiger partial charge on any atom is 0.250 e. The number of fused-ring (bicyclic) bond motifs is 1. The molecule has 8 nitrogen and oxygen atoms in total. The van der Waals surface area contributed by atoms with Crippen LogP contribution in [-0.2, 0) is 10.3 Å². The molecule has 0 saturated heterocycles. The number of rotatable bonds is 6. The van der Waals surface area contributed by atoms with E-state index < -0.39 is 5.54 Å². The number of para-hydroxylation sites is 1. The van der Waals surface area contributed by atoms with Gasteiger partial charge in [-0.3, -0.25) is 4.79 Å². The molecule has 1 aliphatic carbocycles. The number of halogens is 1. The molecule has 0 spiro atoms. The number of hydrogen-bond acceptors (Lipinski definition) is 6. The summed E-state index contributed by atoms with van der Waals surface area (Å²) in [5.74, 6) is 0.219. The molecule has 0 unspecified atom stereocenters. The molecule has 1 saturated carbocycles. The number of nitrogen functional groups attached to an aromatic ring is 1. The summed E-state index contributed by atoms with van der Waals surface area (Å²) in [6.07, 6.45) is 4.39. The highest BCUT2D eigenvalue weighted by atomic mass is 79.9. The van der Waals surface area contributed by atoms with Crippen LogP contribution >= 0.6 is 15.9 Å². The van der Waals surface area contributed by atoms with Gasteiger partial charge in [-0.1, -0.05) is 30.8 Å². The fourth-order valence-electron chi connectivity index (χ4n) is 4.06. The maximum absolute atomic E-state index is 12.8. The number of aromatic nitrogens is 4. The number of phenolic OH excluding ortho intramolecular Hbond substituents is 1. The smallest absolute Gasteiger partial charge is 0.250 e. The third-order valence-corrected chi connectivity index (χ3v) is 6.62. The number of hydrogen-bond donors (Lipinski definition) is 2. The first-order chi connectivity index (χ1) is 15.9. The number of carbonyl (C=O) groups excluding carboxylic acids is 1. The SMILES string of the molecule is C=CC(=O)N(CC1(n2nc(-c3ccc(Br)c(O)c3)c3c(N)ncnc32)CC1)c1ccccc1. The molecular weight excluding hydrogens is 484 g/mol. The van der Waals surface area contributed by atoms with Crippen LogP contribution in [0.3, 0.4) is 0 Å². The van der Waals surface area contributed by atoms with Crippen LogP contribution in [0.1, 0.15) is 12.8 Å². The Balaban J connectivity index is 1.64. The Labute approximate surface area is 198 Å². The fourth-order valence-corrected chi connectivity index (χ4v) is 4.30. The Hall–Kier alpha value is -3.72. The third kappa shape index (κ3) is 3.64. The summed E-state index contributed by atoms with van der Waals surface area (Å²) in [5.41, 5.74) is 8.46. The number of benzene rings is 2. The molecule has 3 N–H and O–H groups in total. The van der Waals surface area contributed by atoms with Crippen molar-refractivity contribution in [2.24, 2.45) is 0 Å². The molecule has 9 heteroatoms. The van der Waals surface area contributed by atoms with Crippen molar-refractivity contribution in [1.82, 2.24) is 19.7 Å². The summed E-state index contributed by atoms with van der Waals surface area (Å²) in [6, 6.07) is 14.7. The average Bonchev–Trinajstić information content (AvgIpc) is 3.50. The highest BCUT2D eigenvalue weighted by Gasteiger charge is 2.49. The normalized spacial score (nSPS) is 14.2. The number of nitrogens with zero attached hydrogens (tertiary/aromatic N) is 5. The van der Waals surface area contributed by atoms with Gasteiger partial charge in [0.05, 0.1) is 21.9 Å². The van der Waals surface area contributed by atoms with Gasteiger partial charge in [0.25, 0.3) is 0 Å². The van der Waals surface area contributed by atoms with E-state index in [9.17, 15) is 9.90 Å². The molecule has 0 atom stereocenters. The predicted octanol–water partition coefficient (Wildman–Crippen LogP) is 4.25. The minimum absolute atomic E-state index is 0.0959. The van der Waals surface area contributed by atoms with Crippen LogP contribution in [0.5, 0.6) is 5.75 Å². The van der Waals surface area contributed by atoms with Gasteiger partial charge in [-0.05, 0) is 59.1 Å². The van der Waals surface area contributed by atoms with E-state index in [4.69, 9.17) is 10.8 Å². The van der Waals surface area contributed by atoms with Gasteiger partial charge < -0.3 is 15.7 Å². The molecule has 0 bridgehead atoms. The highest BCUT2D eigenvalue weighted by molar-refractivity contribution is 9.10. The van der Waals surface area contributed by atoms with Gasteiger partial charge in [-0.2, -0.15) is 5.10 Å². The molecule has 1 amide bonds. The average molecular weight is 505 g/mol. The lowest BCUT2D eigenvalue weighted by atomic mass is 10.1. The van der Waals surface area contributed by atoms with Gasteiger partial charge in [0.1, 0.15) is 23.6 Å². The Morgan fingerprint density at radius 1 is 1.24 bits per heavy atom. The van der Waals surface area contributed by atoms with E-state index in [1.54, 1.807) is 17.0 Å². The van der Waals surface area contributed by atoms with E-state index in [0.29, 0.717) is 39.1 Å². The second-order valence-corrected chi connectivity index (χ2v) is 8.93. The minimum Gasteiger partial charge on any atom is -0.507 e. The topological polar surface area (TPSA) is 110 Å². The molecule has 1 aliphatic rings. The molecular formula is C24H21BrN6O2. The lowest BCUT2D eigenvalue weighted by Gasteiger charge is -2.27. The zero-order valence-corrected chi connectivity index (χ0v) is 19.2. The Bertz CT molecular complexity index is 1380. The summed E-state index contributed by atoms with van der Waals surface area (Å²) in [5, 5.41) is 15.7. The van der Waals surface area contributed by atoms with Crippen molar-refractivity contribution in [2.45, 2.75) is 18.4 Å². The van der Waals surface area contributed by atoms with Gasteiger partial charge in [-0.25, -0.2) is 14.6 Å². The predicted molar refractivity (Wildman–Crippen MR) is 131 cm³/mol. The quantitative estimate of drug-likeness (QED) is 0.379. The van der Waals surface area contributed by atoms with Crippen LogP contribution in [0, 0.1) is 0 Å². The minimum atomic E-state index is -0.441. The van der Waals surface area contributed by atoms with Crippen LogP contribution in [0.25, 0.3) is 22.3 Å². The van der Waals surface area contributed by atoms with Crippen molar-refractivity contribution in [3.8, 4) is 17.0 Å². The second kappa shape index (κ2) is 8.00. The van der Waals surface area contributed by atoms with Gasteiger partial charge in [0, 0.05) is 11.3 Å². The molecule has 5 rings (SSSR count). The van der Waals surface area contributed by atoms with E-state index >= 15 is 0 Å². The lowest BCUT2D eigenvalue weighted by molar-refractivity contribution is -0.114. The fraction of sp³-hybridized carbons (Fsp3) is 0.167. The Morgan fingerprint density at radius 3 is 2.67 bits per heavy atom. The zero-order valence-electron chi connectivity index (χ0n) is 17.6. The summed E-state index contributed by atoms with van der Waals surface area (Å²) in [4.78, 5) is 23.1. The Kier molecular flexibility index (Phi) is 5.13. The monoisotopic (exact) mass is 504 g/mol. The van der Waals surface area contributed by atoms with Gasteiger partial charge in [-0.15, -0.1) is 0 Å². The van der Waals surface area contributed by atoms with Gasteiger partial charge in [0.2, 0.25) is 5.91 Å². The van der Waals surface area contributed by atoms with Gasteiger partial charge >= 0.3 is 0 Å². The summed E-state index contributed by atoms with van der Waals surface area (Å²) >= 11 is 3.31. The summed E-state index contributed by atoms with van der Waals surface area (Å²) in [6.45, 7) is 4.08. The molecule has 33 heavy (non-hydrogen) atoms. The van der Waals surface area contributed by atoms with E-state index in [1.165, 1.54) is 12.4 Å². The van der Waals surface area contributed by atoms with Crippen LogP contribution in [0.2, 0.25) is 0 Å². The van der Waals surface area contributed by atoms with Crippen LogP contribution < -0.4 is 10.6 Å². The highest BCUT2D eigenvalue weighted by Crippen LogP contribution is 2.47. The van der Waals surface area contributed by atoms with Crippen molar-refractivity contribution in [3.63, 3.8) is 0 Å². The lowest BCUT2D eigenvalue weighted by Crippen LogP contribution is -2.39. The number of nitrogens with two attached hydrogens (primary N) is 1. The van der Waals surface area contributed by atoms with Crippen LogP contribution in [0.15, 0.2) is 72.0 Å². The molecule has 0 radical (unpaired) electrons. The molecule has 166 valence electrons. The number of carbonyl (C=O) groups is 1. The first kappa shape index (κ1) is 21.1. The van der Waals surface area contributed by atoms with Crippen molar-refractivity contribution in [3.05, 3.63) is 72.0 Å². The maximum atomic E-state index is 12.8. The molecule has 4 aromatic rings. The molecule has 0 aliphatic heterocycles. The van der Waals surface area contributed by atoms with E-state index in [1.807, 2.05) is 41.1 Å². The van der Waals surface area contributed by atoms with Crippen molar-refractivity contribution in [2.75, 3.05) is 17.2 Å². The zero-order chi connectivity index (χ0) is 23.2. The van der Waals surface area contributed by atoms with E-state index in [2.05, 4.69) is 32.5 Å². The molecule has 2 heterocycles. The first-order valence-electron chi connectivity index (χ1n) is 10.4. The third-order valence-electron chi connectivity index (χ3n) is 5.95. The standard InChI is InChI=1S/C24H21BrN6O2/c1-2-19(33)30(16-6-4-3-5-7-16)13-24(10-11-24)31-23-20(22(26)27-14-28-23)21(29-31)15-8-9-17(25)18(32)12-15/h2-9,12,14,32H,1,10-11,13H2,(H2,26,27,28). The van der Waals surface area contributed by atoms with E-state index in [0.717, 1.165) is 18.5 Å². The largest absolute Gasteiger partial charge is 0.507 e. The summed E-state index contributed by atoms with van der Waals surface area (Å²) < 4.78 is 2.44. The molecule has 2 aromatic carbocycles. The van der Waals surface area contributed by atoms with Crippen LogP contribution in [0.4, 0.5) is 11.5 Å². The summed E-state index contributed by atoms with van der Waals surface area (Å²) in [7, 11) is 0. The Morgan fingerprint density at radius 2 is 2.00 bits per heavy atom. The molecule has 1 fully saturated rings. The number of amides is 1. The molecule has 2 aromatic heterocycles. The number of anilines is 2. The van der Waals surface area contributed by atoms with Crippen LogP contribution in [-0.4, -0.2) is 37.3 Å². The number of aromatic hydroxyl groups is 1. The van der Waals surface area contributed by atoms with E-state index in [-0.39, 0.29) is 11.7 Å².